The summed E-state index contributed by atoms with van der Waals surface area (Å²) >= 11 is 0. The number of hydrogen-bond acceptors (Lipinski definition) is 1. The standard InChI is InChI=1S/C12H26O/c1-5-8-11-13-12(4,9-6-2)10-7-3/h5-11H2,1-4H3. The molecular weight excluding hydrogens is 160 g/mol. The molecule has 0 amide bonds. The van der Waals surface area contributed by atoms with Gasteiger partial charge >= 0.3 is 0 Å². The minimum atomic E-state index is 0.151. The zero-order valence-electron chi connectivity index (χ0n) is 9.86. The lowest BCUT2D eigenvalue weighted by Gasteiger charge is -2.29. The summed E-state index contributed by atoms with van der Waals surface area (Å²) < 4.78 is 5.95. The predicted molar refractivity (Wildman–Crippen MR) is 59.1 cm³/mol. The Labute approximate surface area is 83.9 Å². The zero-order chi connectivity index (χ0) is 10.2. The molecule has 0 aliphatic carbocycles. The van der Waals surface area contributed by atoms with Crippen molar-refractivity contribution in [1.29, 1.82) is 0 Å². The summed E-state index contributed by atoms with van der Waals surface area (Å²) in [4.78, 5) is 0. The molecule has 0 aliphatic rings. The van der Waals surface area contributed by atoms with Crippen LogP contribution >= 0.6 is 0 Å². The first-order valence-electron chi connectivity index (χ1n) is 5.82. The maximum absolute atomic E-state index is 5.95. The normalized spacial score (nSPS) is 12.0. The van der Waals surface area contributed by atoms with Gasteiger partial charge in [0.25, 0.3) is 0 Å². The molecule has 0 aromatic rings. The second-order valence-electron chi connectivity index (χ2n) is 4.15. The Morgan fingerprint density at radius 3 is 1.85 bits per heavy atom. The van der Waals surface area contributed by atoms with Crippen LogP contribution in [0.1, 0.15) is 66.2 Å². The van der Waals surface area contributed by atoms with Crippen LogP contribution < -0.4 is 0 Å². The summed E-state index contributed by atoms with van der Waals surface area (Å²) in [7, 11) is 0. The molecule has 0 spiro atoms. The van der Waals surface area contributed by atoms with Gasteiger partial charge in [0.05, 0.1) is 5.60 Å². The first-order valence-corrected chi connectivity index (χ1v) is 5.82. The average Bonchev–Trinajstić information content (AvgIpc) is 2.05. The highest BCUT2D eigenvalue weighted by molar-refractivity contribution is 4.73. The maximum atomic E-state index is 5.95. The van der Waals surface area contributed by atoms with Gasteiger partial charge in [-0.2, -0.15) is 0 Å². The molecule has 0 radical (unpaired) electrons. The Balaban J connectivity index is 3.76. The Morgan fingerprint density at radius 2 is 1.46 bits per heavy atom. The lowest BCUT2D eigenvalue weighted by atomic mass is 9.95. The molecule has 13 heavy (non-hydrogen) atoms. The third-order valence-corrected chi connectivity index (χ3v) is 2.51. The van der Waals surface area contributed by atoms with Crippen molar-refractivity contribution in [3.05, 3.63) is 0 Å². The molecule has 0 aromatic carbocycles. The van der Waals surface area contributed by atoms with Gasteiger partial charge in [0.2, 0.25) is 0 Å². The van der Waals surface area contributed by atoms with E-state index in [0.717, 1.165) is 6.61 Å². The van der Waals surface area contributed by atoms with Crippen LogP contribution in [0.4, 0.5) is 0 Å². The van der Waals surface area contributed by atoms with Crippen LogP contribution in [0.2, 0.25) is 0 Å². The summed E-state index contributed by atoms with van der Waals surface area (Å²) in [6, 6.07) is 0. The van der Waals surface area contributed by atoms with Gasteiger partial charge in [0.15, 0.2) is 0 Å². The second kappa shape index (κ2) is 7.37. The molecule has 0 heterocycles. The number of hydrogen-bond donors (Lipinski definition) is 0. The van der Waals surface area contributed by atoms with Gasteiger partial charge in [0.1, 0.15) is 0 Å². The molecule has 0 aliphatic heterocycles. The van der Waals surface area contributed by atoms with E-state index in [1.54, 1.807) is 0 Å². The molecule has 0 unspecified atom stereocenters. The quantitative estimate of drug-likeness (QED) is 0.517. The molecule has 0 N–H and O–H groups in total. The molecule has 0 fully saturated rings. The molecule has 0 saturated carbocycles. The maximum Gasteiger partial charge on any atom is 0.0654 e. The van der Waals surface area contributed by atoms with Crippen LogP contribution in [-0.2, 0) is 4.74 Å². The minimum Gasteiger partial charge on any atom is -0.375 e. The van der Waals surface area contributed by atoms with Crippen LogP contribution in [0.25, 0.3) is 0 Å². The van der Waals surface area contributed by atoms with Crippen molar-refractivity contribution in [3.63, 3.8) is 0 Å². The van der Waals surface area contributed by atoms with Gasteiger partial charge < -0.3 is 4.74 Å². The van der Waals surface area contributed by atoms with Crippen molar-refractivity contribution in [2.75, 3.05) is 6.61 Å². The Bertz CT molecular complexity index is 104. The first kappa shape index (κ1) is 13.0. The van der Waals surface area contributed by atoms with E-state index in [4.69, 9.17) is 4.74 Å². The van der Waals surface area contributed by atoms with Crippen molar-refractivity contribution in [2.45, 2.75) is 71.8 Å². The molecule has 0 bridgehead atoms. The van der Waals surface area contributed by atoms with E-state index in [2.05, 4.69) is 27.7 Å². The van der Waals surface area contributed by atoms with Crippen LogP contribution in [0.15, 0.2) is 0 Å². The van der Waals surface area contributed by atoms with Crippen molar-refractivity contribution >= 4 is 0 Å². The van der Waals surface area contributed by atoms with Gasteiger partial charge in [-0.05, 0) is 26.2 Å². The largest absolute Gasteiger partial charge is 0.375 e. The minimum absolute atomic E-state index is 0.151. The molecule has 80 valence electrons. The number of rotatable bonds is 8. The summed E-state index contributed by atoms with van der Waals surface area (Å²) in [6.07, 6.45) is 7.28. The summed E-state index contributed by atoms with van der Waals surface area (Å²) in [6.45, 7) is 9.87. The van der Waals surface area contributed by atoms with Gasteiger partial charge in [-0.3, -0.25) is 0 Å². The highest BCUT2D eigenvalue weighted by Gasteiger charge is 2.22. The highest BCUT2D eigenvalue weighted by atomic mass is 16.5. The van der Waals surface area contributed by atoms with Gasteiger partial charge in [-0.15, -0.1) is 0 Å². The van der Waals surface area contributed by atoms with Crippen molar-refractivity contribution < 1.29 is 4.74 Å². The summed E-state index contributed by atoms with van der Waals surface area (Å²) in [5.74, 6) is 0. The lowest BCUT2D eigenvalue weighted by Crippen LogP contribution is -2.28. The Hall–Kier alpha value is -0.0400. The molecular formula is C12H26O. The fourth-order valence-corrected chi connectivity index (χ4v) is 1.79. The van der Waals surface area contributed by atoms with Crippen molar-refractivity contribution in [1.82, 2.24) is 0 Å². The van der Waals surface area contributed by atoms with Crippen molar-refractivity contribution in [2.24, 2.45) is 0 Å². The van der Waals surface area contributed by atoms with Crippen LogP contribution in [0.3, 0.4) is 0 Å². The Morgan fingerprint density at radius 1 is 0.923 bits per heavy atom. The zero-order valence-corrected chi connectivity index (χ0v) is 9.86. The predicted octanol–water partition coefficient (Wildman–Crippen LogP) is 4.16. The molecule has 0 aromatic heterocycles. The monoisotopic (exact) mass is 186 g/mol. The van der Waals surface area contributed by atoms with E-state index in [9.17, 15) is 0 Å². The van der Waals surface area contributed by atoms with Gasteiger partial charge in [-0.1, -0.05) is 40.0 Å². The molecule has 1 heteroatoms. The molecule has 1 nitrogen and oxygen atoms in total. The topological polar surface area (TPSA) is 9.23 Å². The third-order valence-electron chi connectivity index (χ3n) is 2.51. The third kappa shape index (κ3) is 6.09. The lowest BCUT2D eigenvalue weighted by molar-refractivity contribution is -0.0455. The van der Waals surface area contributed by atoms with Crippen LogP contribution in [0, 0.1) is 0 Å². The Kier molecular flexibility index (Phi) is 7.35. The molecule has 0 atom stereocenters. The van der Waals surface area contributed by atoms with E-state index >= 15 is 0 Å². The fraction of sp³-hybridized carbons (Fsp3) is 1.00. The smallest absolute Gasteiger partial charge is 0.0654 e. The number of ether oxygens (including phenoxy) is 1. The highest BCUT2D eigenvalue weighted by Crippen LogP contribution is 2.23. The van der Waals surface area contributed by atoms with E-state index in [1.165, 1.54) is 38.5 Å². The fourth-order valence-electron chi connectivity index (χ4n) is 1.79. The summed E-state index contributed by atoms with van der Waals surface area (Å²) in [5, 5.41) is 0. The first-order chi connectivity index (χ1) is 6.18. The van der Waals surface area contributed by atoms with Gasteiger partial charge in [-0.25, -0.2) is 0 Å². The molecule has 0 rings (SSSR count). The van der Waals surface area contributed by atoms with E-state index in [1.807, 2.05) is 0 Å². The number of unbranched alkanes of at least 4 members (excludes halogenated alkanes) is 1. The summed E-state index contributed by atoms with van der Waals surface area (Å²) in [5.41, 5.74) is 0.151. The van der Waals surface area contributed by atoms with E-state index in [0.29, 0.717) is 0 Å². The average molecular weight is 186 g/mol. The second-order valence-corrected chi connectivity index (χ2v) is 4.15. The van der Waals surface area contributed by atoms with E-state index in [-0.39, 0.29) is 5.60 Å². The van der Waals surface area contributed by atoms with Crippen LogP contribution in [0.5, 0.6) is 0 Å². The SMILES string of the molecule is CCCCOC(C)(CCC)CCC. The van der Waals surface area contributed by atoms with Gasteiger partial charge in [0, 0.05) is 6.61 Å². The molecule has 0 saturated heterocycles. The van der Waals surface area contributed by atoms with Crippen molar-refractivity contribution in [3.8, 4) is 0 Å². The van der Waals surface area contributed by atoms with E-state index < -0.39 is 0 Å². The van der Waals surface area contributed by atoms with Crippen LogP contribution in [-0.4, -0.2) is 12.2 Å².